The van der Waals surface area contributed by atoms with Crippen molar-refractivity contribution in [3.8, 4) is 5.75 Å². The smallest absolute Gasteiger partial charge is 0.410 e. The zero-order valence-corrected chi connectivity index (χ0v) is 19.9. The van der Waals surface area contributed by atoms with Gasteiger partial charge in [0.05, 0.1) is 18.2 Å². The minimum Gasteiger partial charge on any atom is -0.432 e. The number of hydrogen-bond donors (Lipinski definition) is 4. The van der Waals surface area contributed by atoms with Crippen LogP contribution in [0.2, 0.25) is 0 Å². The fraction of sp³-hybridized carbons (Fsp3) is 0.667. The lowest BCUT2D eigenvalue weighted by Crippen LogP contribution is -2.55. The Morgan fingerprint density at radius 1 is 1.11 bits per heavy atom. The Morgan fingerprint density at radius 3 is 2.31 bits per heavy atom. The number of alkyl halides is 4. The first-order chi connectivity index (χ1) is 16.8. The Morgan fingerprint density at radius 2 is 1.75 bits per heavy atom. The third-order valence-corrected chi connectivity index (χ3v) is 6.00. The fourth-order valence-electron chi connectivity index (χ4n) is 3.68. The number of halogens is 5. The predicted molar refractivity (Wildman–Crippen MR) is 120 cm³/mol. The van der Waals surface area contributed by atoms with Crippen molar-refractivity contribution in [1.29, 1.82) is 0 Å². The summed E-state index contributed by atoms with van der Waals surface area (Å²) in [5, 5.41) is 17.2. The van der Waals surface area contributed by atoms with E-state index in [0.717, 1.165) is 37.1 Å². The Bertz CT molecular complexity index is 892. The number of aliphatic hydroxyl groups is 1. The highest BCUT2D eigenvalue weighted by Gasteiger charge is 2.42. The second-order valence-corrected chi connectivity index (χ2v) is 9.74. The van der Waals surface area contributed by atoms with Crippen molar-refractivity contribution in [1.82, 2.24) is 16.0 Å². The van der Waals surface area contributed by atoms with Crippen LogP contribution in [0.5, 0.6) is 5.75 Å². The molecule has 0 aliphatic heterocycles. The number of carbonyl (C=O) groups is 2. The van der Waals surface area contributed by atoms with Crippen molar-refractivity contribution in [2.24, 2.45) is 5.92 Å². The molecule has 12 heteroatoms. The SMILES string of the molecule is CC(O)[C@H](CC(=O)NC1CC1)NC(=O)[C@H](CC(F)(F)CC1CC1)NCC(F)(F)Oc1ccc(F)cc1. The predicted octanol–water partition coefficient (Wildman–Crippen LogP) is 3.12. The van der Waals surface area contributed by atoms with Gasteiger partial charge in [-0.2, -0.15) is 8.78 Å². The van der Waals surface area contributed by atoms with Crippen LogP contribution in [0.15, 0.2) is 24.3 Å². The normalized spacial score (nSPS) is 18.8. The lowest BCUT2D eigenvalue weighted by molar-refractivity contribution is -0.174. The summed E-state index contributed by atoms with van der Waals surface area (Å²) < 4.78 is 75.5. The van der Waals surface area contributed by atoms with E-state index in [-0.39, 0.29) is 24.1 Å². The standard InChI is InChI=1S/C24H32F5N3O4/c1-14(33)19(10-21(34)31-17-6-7-17)32-22(35)20(12-23(26,27)11-15-2-3-15)30-13-24(28,29)36-18-8-4-16(25)5-9-18/h4-5,8-9,14-15,17,19-20,30,33H,2-3,6-7,10-13H2,1H3,(H,31,34)(H,32,35)/t14?,19-,20-/m0/s1. The summed E-state index contributed by atoms with van der Waals surface area (Å²) in [6.07, 6.45) is -3.98. The molecule has 2 aliphatic carbocycles. The molecule has 0 radical (unpaired) electrons. The number of rotatable bonds is 15. The van der Waals surface area contributed by atoms with Crippen LogP contribution in [-0.2, 0) is 9.59 Å². The molecule has 36 heavy (non-hydrogen) atoms. The molecule has 0 bridgehead atoms. The van der Waals surface area contributed by atoms with E-state index in [1.165, 1.54) is 6.92 Å². The highest BCUT2D eigenvalue weighted by Crippen LogP contribution is 2.41. The van der Waals surface area contributed by atoms with Gasteiger partial charge < -0.3 is 20.5 Å². The molecule has 7 nitrogen and oxygen atoms in total. The number of benzene rings is 1. The van der Waals surface area contributed by atoms with Crippen molar-refractivity contribution < 1.29 is 41.4 Å². The zero-order chi connectivity index (χ0) is 26.5. The third kappa shape index (κ3) is 9.88. The monoisotopic (exact) mass is 521 g/mol. The zero-order valence-electron chi connectivity index (χ0n) is 19.9. The molecule has 1 aromatic rings. The fourth-order valence-corrected chi connectivity index (χ4v) is 3.68. The summed E-state index contributed by atoms with van der Waals surface area (Å²) in [4.78, 5) is 25.0. The third-order valence-electron chi connectivity index (χ3n) is 6.00. The van der Waals surface area contributed by atoms with E-state index in [1.807, 2.05) is 0 Å². The Kier molecular flexibility index (Phi) is 9.15. The summed E-state index contributed by atoms with van der Waals surface area (Å²) in [7, 11) is 0. The minimum absolute atomic E-state index is 0.0433. The second kappa shape index (κ2) is 11.7. The van der Waals surface area contributed by atoms with E-state index in [4.69, 9.17) is 0 Å². The van der Waals surface area contributed by atoms with Crippen molar-refractivity contribution in [3.63, 3.8) is 0 Å². The van der Waals surface area contributed by atoms with Gasteiger partial charge in [0.25, 0.3) is 0 Å². The number of amides is 2. The van der Waals surface area contributed by atoms with Crippen LogP contribution >= 0.6 is 0 Å². The molecule has 3 atom stereocenters. The molecule has 0 saturated heterocycles. The van der Waals surface area contributed by atoms with E-state index >= 15 is 0 Å². The summed E-state index contributed by atoms with van der Waals surface area (Å²) in [6.45, 7) is 0.0354. The average molecular weight is 522 g/mol. The highest BCUT2D eigenvalue weighted by molar-refractivity contribution is 5.83. The molecule has 2 fully saturated rings. The first-order valence-electron chi connectivity index (χ1n) is 12.0. The first kappa shape index (κ1) is 28.1. The Labute approximate surface area is 206 Å². The summed E-state index contributed by atoms with van der Waals surface area (Å²) in [6, 6.07) is 0.991. The van der Waals surface area contributed by atoms with E-state index in [1.54, 1.807) is 0 Å². The van der Waals surface area contributed by atoms with Crippen LogP contribution in [0.3, 0.4) is 0 Å². The molecule has 3 rings (SSSR count). The molecule has 0 spiro atoms. The first-order valence-corrected chi connectivity index (χ1v) is 12.0. The molecule has 0 aromatic heterocycles. The molecule has 2 aliphatic rings. The van der Waals surface area contributed by atoms with Crippen molar-refractivity contribution in [3.05, 3.63) is 30.1 Å². The molecular formula is C24H32F5N3O4. The van der Waals surface area contributed by atoms with Crippen LogP contribution in [0, 0.1) is 11.7 Å². The van der Waals surface area contributed by atoms with Crippen LogP contribution in [0.25, 0.3) is 0 Å². The number of nitrogens with one attached hydrogen (secondary N) is 3. The van der Waals surface area contributed by atoms with Crippen LogP contribution < -0.4 is 20.7 Å². The van der Waals surface area contributed by atoms with Gasteiger partial charge in [0, 0.05) is 25.3 Å². The van der Waals surface area contributed by atoms with Gasteiger partial charge in [0.15, 0.2) is 0 Å². The van der Waals surface area contributed by atoms with Crippen LogP contribution in [-0.4, -0.2) is 59.7 Å². The van der Waals surface area contributed by atoms with Gasteiger partial charge in [-0.25, -0.2) is 13.2 Å². The van der Waals surface area contributed by atoms with Gasteiger partial charge in [0.2, 0.25) is 17.7 Å². The maximum atomic E-state index is 14.6. The largest absolute Gasteiger partial charge is 0.432 e. The van der Waals surface area contributed by atoms with Gasteiger partial charge in [-0.15, -0.1) is 0 Å². The van der Waals surface area contributed by atoms with Crippen molar-refractivity contribution >= 4 is 11.8 Å². The van der Waals surface area contributed by atoms with Crippen molar-refractivity contribution in [2.75, 3.05) is 6.54 Å². The van der Waals surface area contributed by atoms with Gasteiger partial charge in [-0.05, 0) is 62.8 Å². The van der Waals surface area contributed by atoms with E-state index in [2.05, 4.69) is 20.7 Å². The van der Waals surface area contributed by atoms with Crippen LogP contribution in [0.4, 0.5) is 22.0 Å². The van der Waals surface area contributed by atoms with Gasteiger partial charge in [0.1, 0.15) is 18.1 Å². The lowest BCUT2D eigenvalue weighted by Gasteiger charge is -2.28. The molecule has 2 saturated carbocycles. The molecule has 1 aromatic carbocycles. The lowest BCUT2D eigenvalue weighted by atomic mass is 10.0. The average Bonchev–Trinajstić information content (AvgIpc) is 3.70. The summed E-state index contributed by atoms with van der Waals surface area (Å²) in [5.74, 6) is -5.95. The minimum atomic E-state index is -3.91. The van der Waals surface area contributed by atoms with E-state index < -0.39 is 67.2 Å². The number of carbonyl (C=O) groups excluding carboxylic acids is 2. The van der Waals surface area contributed by atoms with Crippen molar-refractivity contribution in [2.45, 2.75) is 88.1 Å². The number of ether oxygens (including phenoxy) is 1. The Balaban J connectivity index is 1.64. The summed E-state index contributed by atoms with van der Waals surface area (Å²) in [5.41, 5.74) is 0. The second-order valence-electron chi connectivity index (χ2n) is 9.74. The molecule has 1 unspecified atom stereocenters. The molecule has 4 N–H and O–H groups in total. The number of hydrogen-bond acceptors (Lipinski definition) is 5. The van der Waals surface area contributed by atoms with Gasteiger partial charge in [-0.1, -0.05) is 0 Å². The quantitative estimate of drug-likeness (QED) is 0.266. The van der Waals surface area contributed by atoms with Gasteiger partial charge >= 0.3 is 6.11 Å². The maximum Gasteiger partial charge on any atom is 0.410 e. The molecule has 2 amide bonds. The van der Waals surface area contributed by atoms with Gasteiger partial charge in [-0.3, -0.25) is 14.9 Å². The van der Waals surface area contributed by atoms with E-state index in [0.29, 0.717) is 12.8 Å². The molecular weight excluding hydrogens is 489 g/mol. The topological polar surface area (TPSA) is 99.7 Å². The van der Waals surface area contributed by atoms with Crippen LogP contribution in [0.1, 0.15) is 51.9 Å². The van der Waals surface area contributed by atoms with E-state index in [9.17, 15) is 36.6 Å². The Hall–Kier alpha value is -2.47. The number of aliphatic hydroxyl groups excluding tert-OH is 1. The highest BCUT2D eigenvalue weighted by atomic mass is 19.3. The molecule has 202 valence electrons. The molecule has 0 heterocycles. The maximum absolute atomic E-state index is 14.6. The summed E-state index contributed by atoms with van der Waals surface area (Å²) >= 11 is 0.